The van der Waals surface area contributed by atoms with Crippen LogP contribution in [0.1, 0.15) is 52.9 Å². The Morgan fingerprint density at radius 3 is 2.62 bits per heavy atom. The van der Waals surface area contributed by atoms with Crippen LogP contribution < -0.4 is 5.32 Å². The third-order valence-corrected chi connectivity index (χ3v) is 4.05. The molecule has 2 aliphatic rings. The SMILES string of the molecule is CCC(C)(C)N1CCCC(NC2CC2)C1=O. The van der Waals surface area contributed by atoms with Gasteiger partial charge in [0.2, 0.25) is 5.91 Å². The summed E-state index contributed by atoms with van der Waals surface area (Å²) >= 11 is 0. The molecule has 1 saturated heterocycles. The van der Waals surface area contributed by atoms with Crippen LogP contribution in [0.2, 0.25) is 0 Å². The molecule has 2 rings (SSSR count). The molecule has 0 aromatic carbocycles. The van der Waals surface area contributed by atoms with E-state index in [-0.39, 0.29) is 11.6 Å². The van der Waals surface area contributed by atoms with Crippen LogP contribution in [0.15, 0.2) is 0 Å². The highest BCUT2D eigenvalue weighted by atomic mass is 16.2. The Hall–Kier alpha value is -0.570. The van der Waals surface area contributed by atoms with Crippen molar-refractivity contribution in [2.75, 3.05) is 6.54 Å². The lowest BCUT2D eigenvalue weighted by atomic mass is 9.93. The van der Waals surface area contributed by atoms with Gasteiger partial charge in [-0.05, 0) is 46.0 Å². The van der Waals surface area contributed by atoms with Gasteiger partial charge in [-0.1, -0.05) is 6.92 Å². The van der Waals surface area contributed by atoms with E-state index >= 15 is 0 Å². The number of hydrogen-bond donors (Lipinski definition) is 1. The summed E-state index contributed by atoms with van der Waals surface area (Å²) in [7, 11) is 0. The molecule has 0 bridgehead atoms. The van der Waals surface area contributed by atoms with Crippen molar-refractivity contribution in [3.63, 3.8) is 0 Å². The maximum Gasteiger partial charge on any atom is 0.240 e. The molecule has 1 aliphatic carbocycles. The van der Waals surface area contributed by atoms with Crippen molar-refractivity contribution in [3.05, 3.63) is 0 Å². The van der Waals surface area contributed by atoms with Crippen LogP contribution in [0.3, 0.4) is 0 Å². The van der Waals surface area contributed by atoms with Gasteiger partial charge in [-0.15, -0.1) is 0 Å². The maximum absolute atomic E-state index is 12.4. The zero-order valence-corrected chi connectivity index (χ0v) is 10.8. The maximum atomic E-state index is 12.4. The number of rotatable bonds is 4. The predicted molar refractivity (Wildman–Crippen MR) is 65.3 cm³/mol. The van der Waals surface area contributed by atoms with E-state index in [1.54, 1.807) is 0 Å². The predicted octanol–water partition coefficient (Wildman–Crippen LogP) is 1.92. The molecule has 1 saturated carbocycles. The van der Waals surface area contributed by atoms with Crippen LogP contribution in [-0.4, -0.2) is 35.0 Å². The van der Waals surface area contributed by atoms with Crippen LogP contribution >= 0.6 is 0 Å². The molecule has 16 heavy (non-hydrogen) atoms. The molecule has 1 amide bonds. The van der Waals surface area contributed by atoms with Gasteiger partial charge in [0, 0.05) is 18.1 Å². The number of carbonyl (C=O) groups excluding carboxylic acids is 1. The van der Waals surface area contributed by atoms with Gasteiger partial charge < -0.3 is 10.2 Å². The summed E-state index contributed by atoms with van der Waals surface area (Å²) in [6, 6.07) is 0.714. The molecule has 3 nitrogen and oxygen atoms in total. The van der Waals surface area contributed by atoms with Gasteiger partial charge >= 0.3 is 0 Å². The van der Waals surface area contributed by atoms with Gasteiger partial charge in [0.15, 0.2) is 0 Å². The Bertz CT molecular complexity index is 271. The second kappa shape index (κ2) is 4.36. The van der Waals surface area contributed by atoms with Gasteiger partial charge in [-0.2, -0.15) is 0 Å². The molecule has 2 fully saturated rings. The minimum Gasteiger partial charge on any atom is -0.336 e. The minimum atomic E-state index is 0.0149. The number of nitrogens with zero attached hydrogens (tertiary/aromatic N) is 1. The van der Waals surface area contributed by atoms with E-state index in [0.29, 0.717) is 11.9 Å². The van der Waals surface area contributed by atoms with Gasteiger partial charge in [-0.3, -0.25) is 4.79 Å². The number of likely N-dealkylation sites (tertiary alicyclic amines) is 1. The molecule has 0 spiro atoms. The smallest absolute Gasteiger partial charge is 0.240 e. The summed E-state index contributed by atoms with van der Waals surface area (Å²) in [5.74, 6) is 0.324. The summed E-state index contributed by atoms with van der Waals surface area (Å²) in [6.07, 6.45) is 5.68. The zero-order valence-electron chi connectivity index (χ0n) is 10.8. The number of nitrogens with one attached hydrogen (secondary N) is 1. The first-order valence-corrected chi connectivity index (χ1v) is 6.62. The Balaban J connectivity index is 2.00. The van der Waals surface area contributed by atoms with Crippen molar-refractivity contribution in [3.8, 4) is 0 Å². The summed E-state index contributed by atoms with van der Waals surface area (Å²) in [4.78, 5) is 14.4. The van der Waals surface area contributed by atoms with Crippen LogP contribution in [0.25, 0.3) is 0 Å². The molecule has 92 valence electrons. The molecule has 0 aromatic rings. The first-order valence-electron chi connectivity index (χ1n) is 6.62. The summed E-state index contributed by atoms with van der Waals surface area (Å²) in [5, 5.41) is 3.48. The molecule has 1 N–H and O–H groups in total. The van der Waals surface area contributed by atoms with Crippen molar-refractivity contribution < 1.29 is 4.79 Å². The van der Waals surface area contributed by atoms with E-state index < -0.39 is 0 Å². The largest absolute Gasteiger partial charge is 0.336 e. The van der Waals surface area contributed by atoms with Crippen molar-refractivity contribution in [1.29, 1.82) is 0 Å². The molecule has 0 radical (unpaired) electrons. The highest BCUT2D eigenvalue weighted by molar-refractivity contribution is 5.83. The Morgan fingerprint density at radius 1 is 1.38 bits per heavy atom. The van der Waals surface area contributed by atoms with Crippen LogP contribution in [0, 0.1) is 0 Å². The molecule has 1 atom stereocenters. The van der Waals surface area contributed by atoms with Crippen molar-refractivity contribution in [2.45, 2.75) is 70.5 Å². The fourth-order valence-corrected chi connectivity index (χ4v) is 2.36. The van der Waals surface area contributed by atoms with Crippen LogP contribution in [0.4, 0.5) is 0 Å². The minimum absolute atomic E-state index is 0.0149. The fraction of sp³-hybridized carbons (Fsp3) is 0.923. The molecule has 3 heteroatoms. The topological polar surface area (TPSA) is 32.3 Å². The lowest BCUT2D eigenvalue weighted by Crippen LogP contribution is -2.58. The normalized spacial score (nSPS) is 27.3. The number of amides is 1. The van der Waals surface area contributed by atoms with E-state index in [2.05, 4.69) is 31.0 Å². The van der Waals surface area contributed by atoms with E-state index in [4.69, 9.17) is 0 Å². The number of hydrogen-bond acceptors (Lipinski definition) is 2. The van der Waals surface area contributed by atoms with Crippen molar-refractivity contribution in [1.82, 2.24) is 10.2 Å². The second-order valence-electron chi connectivity index (χ2n) is 5.79. The Labute approximate surface area is 98.6 Å². The summed E-state index contributed by atoms with van der Waals surface area (Å²) < 4.78 is 0. The van der Waals surface area contributed by atoms with Gasteiger partial charge in [0.25, 0.3) is 0 Å². The first kappa shape index (κ1) is 11.9. The molecular formula is C13H24N2O. The highest BCUT2D eigenvalue weighted by Gasteiger charge is 2.38. The molecule has 1 unspecified atom stereocenters. The molecule has 1 heterocycles. The Morgan fingerprint density at radius 2 is 2.06 bits per heavy atom. The van der Waals surface area contributed by atoms with Gasteiger partial charge in [0.1, 0.15) is 0 Å². The fourth-order valence-electron chi connectivity index (χ4n) is 2.36. The average Bonchev–Trinajstić information content (AvgIpc) is 3.05. The molecule has 1 aliphatic heterocycles. The van der Waals surface area contributed by atoms with Crippen LogP contribution in [0.5, 0.6) is 0 Å². The van der Waals surface area contributed by atoms with E-state index in [1.807, 2.05) is 0 Å². The highest BCUT2D eigenvalue weighted by Crippen LogP contribution is 2.27. The quantitative estimate of drug-likeness (QED) is 0.791. The summed E-state index contributed by atoms with van der Waals surface area (Å²) in [6.45, 7) is 7.43. The lowest BCUT2D eigenvalue weighted by molar-refractivity contribution is -0.142. The molecular weight excluding hydrogens is 200 g/mol. The van der Waals surface area contributed by atoms with Gasteiger partial charge in [0.05, 0.1) is 6.04 Å². The van der Waals surface area contributed by atoms with E-state index in [1.165, 1.54) is 12.8 Å². The van der Waals surface area contributed by atoms with Crippen molar-refractivity contribution in [2.24, 2.45) is 0 Å². The average molecular weight is 224 g/mol. The van der Waals surface area contributed by atoms with Crippen LogP contribution in [-0.2, 0) is 4.79 Å². The Kier molecular flexibility index (Phi) is 3.24. The zero-order chi connectivity index (χ0) is 11.8. The second-order valence-corrected chi connectivity index (χ2v) is 5.79. The third-order valence-electron chi connectivity index (χ3n) is 4.05. The third kappa shape index (κ3) is 2.40. The van der Waals surface area contributed by atoms with Crippen molar-refractivity contribution >= 4 is 5.91 Å². The van der Waals surface area contributed by atoms with E-state index in [9.17, 15) is 4.79 Å². The van der Waals surface area contributed by atoms with E-state index in [0.717, 1.165) is 25.8 Å². The molecule has 0 aromatic heterocycles. The monoisotopic (exact) mass is 224 g/mol. The van der Waals surface area contributed by atoms with Gasteiger partial charge in [-0.25, -0.2) is 0 Å². The first-order chi connectivity index (χ1) is 7.54. The number of piperidine rings is 1. The standard InChI is InChI=1S/C13H24N2O/c1-4-13(2,3)15-9-5-6-11(12(15)16)14-10-7-8-10/h10-11,14H,4-9H2,1-3H3. The lowest BCUT2D eigenvalue weighted by Gasteiger charge is -2.43. The number of carbonyl (C=O) groups is 1. The summed E-state index contributed by atoms with van der Waals surface area (Å²) in [5.41, 5.74) is 0.0149.